The first-order valence-electron chi connectivity index (χ1n) is 6.24. The van der Waals surface area contributed by atoms with Crippen molar-refractivity contribution >= 4 is 28.3 Å². The molecular weight excluding hydrogens is 264 g/mol. The summed E-state index contributed by atoms with van der Waals surface area (Å²) in [5.41, 5.74) is 1.70. The lowest BCUT2D eigenvalue weighted by atomic mass is 10.1. The Morgan fingerprint density at radius 2 is 1.79 bits per heavy atom. The summed E-state index contributed by atoms with van der Waals surface area (Å²) in [6.07, 6.45) is 1.40. The van der Waals surface area contributed by atoms with Crippen LogP contribution in [0.3, 0.4) is 0 Å². The average Bonchev–Trinajstić information content (AvgIpc) is 2.43. The van der Waals surface area contributed by atoms with Crippen LogP contribution < -0.4 is 10.6 Å². The quantitative estimate of drug-likeness (QED) is 0.891. The van der Waals surface area contributed by atoms with E-state index in [2.05, 4.69) is 15.4 Å². The summed E-state index contributed by atoms with van der Waals surface area (Å²) in [7, 11) is 0.700. The number of amides is 1. The van der Waals surface area contributed by atoms with Crippen molar-refractivity contribution in [2.24, 2.45) is 0 Å². The predicted octanol–water partition coefficient (Wildman–Crippen LogP) is 2.19. The van der Waals surface area contributed by atoms with Crippen LogP contribution >= 0.6 is 0 Å². The van der Waals surface area contributed by atoms with Crippen molar-refractivity contribution in [1.82, 2.24) is 0 Å². The summed E-state index contributed by atoms with van der Waals surface area (Å²) < 4.78 is 15.8. The number of carbonyl (C=O) groups excluding carboxylic acids is 1. The molecular formula is C13H18N2O3S. The molecule has 1 heterocycles. The zero-order valence-electron chi connectivity index (χ0n) is 10.8. The highest BCUT2D eigenvalue weighted by atomic mass is 32.2. The minimum absolute atomic E-state index is 0.386. The first-order chi connectivity index (χ1) is 9.17. The van der Waals surface area contributed by atoms with E-state index in [0.29, 0.717) is 11.7 Å². The molecule has 6 heteroatoms. The Morgan fingerprint density at radius 1 is 1.21 bits per heavy atom. The van der Waals surface area contributed by atoms with Gasteiger partial charge in [-0.05, 0) is 37.1 Å². The molecule has 0 atom stereocenters. The third-order valence-corrected chi connectivity index (χ3v) is 4.46. The van der Waals surface area contributed by atoms with Crippen LogP contribution in [0.2, 0.25) is 0 Å². The number of benzene rings is 1. The van der Waals surface area contributed by atoms with Crippen LogP contribution in [0, 0.1) is 0 Å². The normalized spacial score (nSPS) is 22.6. The average molecular weight is 282 g/mol. The molecule has 104 valence electrons. The predicted molar refractivity (Wildman–Crippen MR) is 77.0 cm³/mol. The maximum atomic E-state index is 11.3. The van der Waals surface area contributed by atoms with Gasteiger partial charge in [0.15, 0.2) is 0 Å². The standard InChI is InChI=1S/C13H18N2O3S/c1-18-13(16)15-11-4-2-10(3-5-11)14-12-6-8-19(17)9-7-12/h2-5,12,14H,6-9H2,1H3,(H,15,16). The Morgan fingerprint density at radius 3 is 2.37 bits per heavy atom. The molecule has 0 aliphatic carbocycles. The van der Waals surface area contributed by atoms with Crippen molar-refractivity contribution in [3.05, 3.63) is 24.3 Å². The Bertz CT molecular complexity index is 451. The Labute approximate surface area is 115 Å². The second-order valence-electron chi connectivity index (χ2n) is 4.46. The topological polar surface area (TPSA) is 67.4 Å². The van der Waals surface area contributed by atoms with Gasteiger partial charge in [0.25, 0.3) is 0 Å². The fraction of sp³-hybridized carbons (Fsp3) is 0.462. The summed E-state index contributed by atoms with van der Waals surface area (Å²) in [5.74, 6) is 1.55. The Balaban J connectivity index is 1.88. The van der Waals surface area contributed by atoms with Gasteiger partial charge in [-0.2, -0.15) is 0 Å². The van der Waals surface area contributed by atoms with Gasteiger partial charge in [0.1, 0.15) is 0 Å². The smallest absolute Gasteiger partial charge is 0.411 e. The zero-order chi connectivity index (χ0) is 13.7. The molecule has 1 aromatic carbocycles. The number of hydrogen-bond donors (Lipinski definition) is 2. The Hall–Kier alpha value is -1.56. The highest BCUT2D eigenvalue weighted by molar-refractivity contribution is 7.85. The molecule has 0 bridgehead atoms. The number of anilines is 2. The van der Waals surface area contributed by atoms with Crippen molar-refractivity contribution in [3.63, 3.8) is 0 Å². The van der Waals surface area contributed by atoms with E-state index in [1.165, 1.54) is 7.11 Å². The third-order valence-electron chi connectivity index (χ3n) is 3.08. The molecule has 1 aliphatic heterocycles. The fourth-order valence-electron chi connectivity index (χ4n) is 1.99. The minimum Gasteiger partial charge on any atom is -0.453 e. The molecule has 0 saturated carbocycles. The maximum Gasteiger partial charge on any atom is 0.411 e. The van der Waals surface area contributed by atoms with Crippen molar-refractivity contribution < 1.29 is 13.7 Å². The molecule has 2 rings (SSSR count). The molecule has 2 N–H and O–H groups in total. The van der Waals surface area contributed by atoms with Crippen molar-refractivity contribution in [2.45, 2.75) is 18.9 Å². The van der Waals surface area contributed by atoms with E-state index < -0.39 is 16.9 Å². The lowest BCUT2D eigenvalue weighted by Crippen LogP contribution is -2.29. The molecule has 19 heavy (non-hydrogen) atoms. The third kappa shape index (κ3) is 4.24. The lowest BCUT2D eigenvalue weighted by molar-refractivity contribution is 0.187. The molecule has 1 saturated heterocycles. The van der Waals surface area contributed by atoms with Gasteiger partial charge < -0.3 is 10.1 Å². The highest BCUT2D eigenvalue weighted by Crippen LogP contribution is 2.18. The number of carbonyl (C=O) groups is 1. The number of ether oxygens (including phenoxy) is 1. The molecule has 5 nitrogen and oxygen atoms in total. The van der Waals surface area contributed by atoms with Crippen LogP contribution in [0.25, 0.3) is 0 Å². The van der Waals surface area contributed by atoms with Crippen LogP contribution in [0.4, 0.5) is 16.2 Å². The van der Waals surface area contributed by atoms with Crippen LogP contribution in [0.5, 0.6) is 0 Å². The summed E-state index contributed by atoms with van der Waals surface area (Å²) in [5, 5.41) is 6.02. The van der Waals surface area contributed by atoms with Crippen LogP contribution in [0.1, 0.15) is 12.8 Å². The summed E-state index contributed by atoms with van der Waals surface area (Å²) in [4.78, 5) is 11.0. The van der Waals surface area contributed by atoms with E-state index in [1.54, 1.807) is 0 Å². The van der Waals surface area contributed by atoms with Gasteiger partial charge in [0.05, 0.1) is 7.11 Å². The van der Waals surface area contributed by atoms with E-state index in [9.17, 15) is 9.00 Å². The van der Waals surface area contributed by atoms with Gasteiger partial charge in [0, 0.05) is 39.7 Å². The van der Waals surface area contributed by atoms with Gasteiger partial charge >= 0.3 is 6.09 Å². The molecule has 1 amide bonds. The molecule has 1 aliphatic rings. The van der Waals surface area contributed by atoms with Gasteiger partial charge in [-0.1, -0.05) is 0 Å². The number of methoxy groups -OCH3 is 1. The summed E-state index contributed by atoms with van der Waals surface area (Å²) in [6, 6.07) is 7.85. The number of hydrogen-bond acceptors (Lipinski definition) is 4. The van der Waals surface area contributed by atoms with Crippen LogP contribution in [-0.4, -0.2) is 35.0 Å². The number of rotatable bonds is 3. The zero-order valence-corrected chi connectivity index (χ0v) is 11.7. The van der Waals surface area contributed by atoms with E-state index in [0.717, 1.165) is 30.0 Å². The van der Waals surface area contributed by atoms with E-state index >= 15 is 0 Å². The molecule has 0 unspecified atom stereocenters. The second kappa shape index (κ2) is 6.56. The molecule has 0 spiro atoms. The SMILES string of the molecule is COC(=O)Nc1ccc(NC2CCS(=O)CC2)cc1. The monoisotopic (exact) mass is 282 g/mol. The van der Waals surface area contributed by atoms with Gasteiger partial charge in [-0.25, -0.2) is 4.79 Å². The van der Waals surface area contributed by atoms with Gasteiger partial charge in [-0.15, -0.1) is 0 Å². The summed E-state index contributed by atoms with van der Waals surface area (Å²) in [6.45, 7) is 0. The van der Waals surface area contributed by atoms with Gasteiger partial charge in [0.2, 0.25) is 0 Å². The first-order valence-corrected chi connectivity index (χ1v) is 7.73. The van der Waals surface area contributed by atoms with Crippen molar-refractivity contribution in [1.29, 1.82) is 0 Å². The van der Waals surface area contributed by atoms with E-state index in [-0.39, 0.29) is 0 Å². The van der Waals surface area contributed by atoms with Crippen LogP contribution in [0.15, 0.2) is 24.3 Å². The first kappa shape index (κ1) is 13.9. The van der Waals surface area contributed by atoms with E-state index in [4.69, 9.17) is 0 Å². The molecule has 0 aromatic heterocycles. The molecule has 0 radical (unpaired) electrons. The maximum absolute atomic E-state index is 11.3. The van der Waals surface area contributed by atoms with Crippen LogP contribution in [-0.2, 0) is 15.5 Å². The summed E-state index contributed by atoms with van der Waals surface area (Å²) >= 11 is 0. The molecule has 1 fully saturated rings. The minimum atomic E-state index is -0.632. The van der Waals surface area contributed by atoms with Gasteiger partial charge in [-0.3, -0.25) is 9.53 Å². The highest BCUT2D eigenvalue weighted by Gasteiger charge is 2.17. The van der Waals surface area contributed by atoms with Crippen molar-refractivity contribution in [2.75, 3.05) is 29.2 Å². The number of nitrogens with one attached hydrogen (secondary N) is 2. The second-order valence-corrected chi connectivity index (χ2v) is 6.16. The largest absolute Gasteiger partial charge is 0.453 e. The lowest BCUT2D eigenvalue weighted by Gasteiger charge is -2.23. The fourth-order valence-corrected chi connectivity index (χ4v) is 3.29. The molecule has 1 aromatic rings. The Kier molecular flexibility index (Phi) is 4.79. The van der Waals surface area contributed by atoms with E-state index in [1.807, 2.05) is 24.3 Å². The van der Waals surface area contributed by atoms with Crippen molar-refractivity contribution in [3.8, 4) is 0 Å².